The highest BCUT2D eigenvalue weighted by Crippen LogP contribution is 2.34. The van der Waals surface area contributed by atoms with Crippen LogP contribution in [0, 0.1) is 11.8 Å². The van der Waals surface area contributed by atoms with Gasteiger partial charge in [-0.25, -0.2) is 13.1 Å². The van der Waals surface area contributed by atoms with Crippen LogP contribution < -0.4 is 4.72 Å². The Balaban J connectivity index is 2.32. The van der Waals surface area contributed by atoms with E-state index < -0.39 is 10.0 Å². The number of rotatable bonds is 4. The van der Waals surface area contributed by atoms with Gasteiger partial charge in [0, 0.05) is 11.1 Å². The number of hydrogen-bond acceptors (Lipinski definition) is 3. The summed E-state index contributed by atoms with van der Waals surface area (Å²) in [7, 11) is -3.73. The molecule has 4 nitrogen and oxygen atoms in total. The molecule has 1 aliphatic carbocycles. The first-order chi connectivity index (χ1) is 9.76. The maximum absolute atomic E-state index is 12.5. The molecule has 2 rings (SSSR count). The van der Waals surface area contributed by atoms with Gasteiger partial charge in [0.15, 0.2) is 0 Å². The summed E-state index contributed by atoms with van der Waals surface area (Å²) in [6, 6.07) is 2.59. The van der Waals surface area contributed by atoms with Crippen molar-refractivity contribution in [2.45, 2.75) is 44.2 Å². The molecule has 3 atom stereocenters. The molecule has 2 N–H and O–H groups in total. The summed E-state index contributed by atoms with van der Waals surface area (Å²) in [5.74, 6) is 0.773. The van der Waals surface area contributed by atoms with Gasteiger partial charge in [-0.2, -0.15) is 0 Å². The highest BCUT2D eigenvalue weighted by Gasteiger charge is 2.33. The SMILES string of the molecule is CC1CCC(NS(=O)(=O)c2cc(CO)c(Cl)cc2Cl)C1C. The summed E-state index contributed by atoms with van der Waals surface area (Å²) in [4.78, 5) is -0.0376. The molecule has 3 unspecified atom stereocenters. The Labute approximate surface area is 135 Å². The average Bonchev–Trinajstić information content (AvgIpc) is 2.70. The Morgan fingerprint density at radius 1 is 1.24 bits per heavy atom. The normalized spacial score (nSPS) is 26.2. The predicted octanol–water partition coefficient (Wildman–Crippen LogP) is 3.20. The second-order valence-electron chi connectivity index (χ2n) is 5.67. The zero-order valence-electron chi connectivity index (χ0n) is 11.9. The maximum atomic E-state index is 12.5. The van der Waals surface area contributed by atoms with Gasteiger partial charge in [-0.05, 0) is 42.4 Å². The molecule has 0 aliphatic heterocycles. The van der Waals surface area contributed by atoms with E-state index in [0.717, 1.165) is 12.8 Å². The molecular weight excluding hydrogens is 333 g/mol. The van der Waals surface area contributed by atoms with Crippen LogP contribution in [0.25, 0.3) is 0 Å². The van der Waals surface area contributed by atoms with Gasteiger partial charge in [0.1, 0.15) is 4.90 Å². The Morgan fingerprint density at radius 2 is 1.90 bits per heavy atom. The zero-order valence-corrected chi connectivity index (χ0v) is 14.3. The molecule has 0 heterocycles. The standard InChI is InChI=1S/C14H19Cl2NO3S/c1-8-3-4-13(9(8)2)17-21(19,20)14-5-10(7-18)11(15)6-12(14)16/h5-6,8-9,13,17-18H,3-4,7H2,1-2H3. The molecule has 1 fully saturated rings. The Morgan fingerprint density at radius 3 is 2.43 bits per heavy atom. The van der Waals surface area contributed by atoms with Crippen LogP contribution in [0.15, 0.2) is 17.0 Å². The minimum Gasteiger partial charge on any atom is -0.392 e. The van der Waals surface area contributed by atoms with Crippen LogP contribution in [-0.2, 0) is 16.6 Å². The number of nitrogens with one attached hydrogen (secondary N) is 1. The molecule has 1 saturated carbocycles. The molecular formula is C14H19Cl2NO3S. The highest BCUT2D eigenvalue weighted by atomic mass is 35.5. The van der Waals surface area contributed by atoms with Gasteiger partial charge in [0.05, 0.1) is 11.6 Å². The number of hydrogen-bond donors (Lipinski definition) is 2. The van der Waals surface area contributed by atoms with Crippen molar-refractivity contribution in [2.24, 2.45) is 11.8 Å². The topological polar surface area (TPSA) is 66.4 Å². The monoisotopic (exact) mass is 351 g/mol. The lowest BCUT2D eigenvalue weighted by molar-refractivity contribution is 0.281. The molecule has 118 valence electrons. The van der Waals surface area contributed by atoms with E-state index in [1.165, 1.54) is 12.1 Å². The van der Waals surface area contributed by atoms with Crippen molar-refractivity contribution in [1.82, 2.24) is 4.72 Å². The van der Waals surface area contributed by atoms with Crippen LogP contribution >= 0.6 is 23.2 Å². The minimum absolute atomic E-state index is 0.0376. The van der Waals surface area contributed by atoms with Crippen molar-refractivity contribution in [1.29, 1.82) is 0 Å². The summed E-state index contributed by atoms with van der Waals surface area (Å²) >= 11 is 11.9. The third-order valence-corrected chi connectivity index (χ3v) is 6.64. The maximum Gasteiger partial charge on any atom is 0.242 e. The van der Waals surface area contributed by atoms with E-state index in [2.05, 4.69) is 11.6 Å². The smallest absolute Gasteiger partial charge is 0.242 e. The van der Waals surface area contributed by atoms with Crippen LogP contribution in [0.1, 0.15) is 32.3 Å². The van der Waals surface area contributed by atoms with Gasteiger partial charge >= 0.3 is 0 Å². The predicted molar refractivity (Wildman–Crippen MR) is 84.1 cm³/mol. The Kier molecular flexibility index (Phi) is 5.21. The van der Waals surface area contributed by atoms with Crippen molar-refractivity contribution in [3.8, 4) is 0 Å². The van der Waals surface area contributed by atoms with Crippen molar-refractivity contribution < 1.29 is 13.5 Å². The molecule has 1 aromatic rings. The van der Waals surface area contributed by atoms with Crippen LogP contribution in [0.5, 0.6) is 0 Å². The average molecular weight is 352 g/mol. The summed E-state index contributed by atoms with van der Waals surface area (Å²) in [5.41, 5.74) is 0.342. The molecule has 0 saturated heterocycles. The lowest BCUT2D eigenvalue weighted by atomic mass is 9.98. The van der Waals surface area contributed by atoms with Crippen molar-refractivity contribution in [3.05, 3.63) is 27.7 Å². The Bertz CT molecular complexity index is 633. The zero-order chi connectivity index (χ0) is 15.8. The van der Waals surface area contributed by atoms with Gasteiger partial charge < -0.3 is 5.11 Å². The number of aliphatic hydroxyl groups excluding tert-OH is 1. The number of sulfonamides is 1. The van der Waals surface area contributed by atoms with Crippen molar-refractivity contribution >= 4 is 33.2 Å². The first-order valence-electron chi connectivity index (χ1n) is 6.87. The van der Waals surface area contributed by atoms with E-state index in [1.54, 1.807) is 0 Å². The fraction of sp³-hybridized carbons (Fsp3) is 0.571. The molecule has 1 aromatic carbocycles. The second kappa shape index (κ2) is 6.42. The van der Waals surface area contributed by atoms with Gasteiger partial charge in [0.2, 0.25) is 10.0 Å². The molecule has 0 spiro atoms. The molecule has 7 heteroatoms. The van der Waals surface area contributed by atoms with E-state index in [4.69, 9.17) is 23.2 Å². The van der Waals surface area contributed by atoms with Gasteiger partial charge in [-0.3, -0.25) is 0 Å². The van der Waals surface area contributed by atoms with Crippen molar-refractivity contribution in [2.75, 3.05) is 0 Å². The van der Waals surface area contributed by atoms with Crippen LogP contribution in [0.2, 0.25) is 10.0 Å². The largest absolute Gasteiger partial charge is 0.392 e. The molecule has 1 aliphatic rings. The number of benzene rings is 1. The molecule has 0 aromatic heterocycles. The van der Waals surface area contributed by atoms with Crippen LogP contribution in [0.3, 0.4) is 0 Å². The quantitative estimate of drug-likeness (QED) is 0.875. The lowest BCUT2D eigenvalue weighted by Crippen LogP contribution is -2.37. The van der Waals surface area contributed by atoms with Crippen LogP contribution in [0.4, 0.5) is 0 Å². The fourth-order valence-corrected chi connectivity index (χ4v) is 4.91. The molecule has 0 radical (unpaired) electrons. The first kappa shape index (κ1) is 17.0. The number of aliphatic hydroxyl groups is 1. The van der Waals surface area contributed by atoms with Gasteiger partial charge in [-0.15, -0.1) is 0 Å². The number of halogens is 2. The third-order valence-electron chi connectivity index (χ3n) is 4.33. The fourth-order valence-electron chi connectivity index (χ4n) is 2.69. The van der Waals surface area contributed by atoms with Gasteiger partial charge in [0.25, 0.3) is 0 Å². The van der Waals surface area contributed by atoms with Crippen LogP contribution in [-0.4, -0.2) is 19.6 Å². The molecule has 0 bridgehead atoms. The third kappa shape index (κ3) is 3.54. The van der Waals surface area contributed by atoms with Gasteiger partial charge in [-0.1, -0.05) is 37.0 Å². The van der Waals surface area contributed by atoms with E-state index >= 15 is 0 Å². The van der Waals surface area contributed by atoms with E-state index in [0.29, 0.717) is 11.5 Å². The minimum atomic E-state index is -3.73. The summed E-state index contributed by atoms with van der Waals surface area (Å²) in [5, 5.41) is 9.53. The summed E-state index contributed by atoms with van der Waals surface area (Å²) in [6.45, 7) is 3.83. The summed E-state index contributed by atoms with van der Waals surface area (Å²) in [6.07, 6.45) is 1.82. The molecule has 21 heavy (non-hydrogen) atoms. The highest BCUT2D eigenvalue weighted by molar-refractivity contribution is 7.89. The van der Waals surface area contributed by atoms with E-state index in [-0.39, 0.29) is 33.5 Å². The first-order valence-corrected chi connectivity index (χ1v) is 9.11. The van der Waals surface area contributed by atoms with E-state index in [9.17, 15) is 13.5 Å². The molecule has 0 amide bonds. The lowest BCUT2D eigenvalue weighted by Gasteiger charge is -2.20. The van der Waals surface area contributed by atoms with E-state index in [1.807, 2.05) is 6.92 Å². The van der Waals surface area contributed by atoms with Crippen molar-refractivity contribution in [3.63, 3.8) is 0 Å². The second-order valence-corrected chi connectivity index (χ2v) is 8.17. The summed E-state index contributed by atoms with van der Waals surface area (Å²) < 4.78 is 27.8. The Hall–Kier alpha value is -0.330.